The molecule has 1 N–H and O–H groups in total. The SMILES string of the molecule is CCC1CCCC(O)(c2cccc3c2OCCC3)C1. The zero-order chi connectivity index (χ0) is 13.3. The Kier molecular flexibility index (Phi) is 3.53. The van der Waals surface area contributed by atoms with Gasteiger partial charge in [0.2, 0.25) is 0 Å². The van der Waals surface area contributed by atoms with E-state index in [1.54, 1.807) is 0 Å². The van der Waals surface area contributed by atoms with Gasteiger partial charge in [-0.1, -0.05) is 38.0 Å². The molecule has 1 aliphatic carbocycles. The number of fused-ring (bicyclic) bond motifs is 1. The Labute approximate surface area is 115 Å². The third-order valence-corrected chi connectivity index (χ3v) is 4.84. The Morgan fingerprint density at radius 1 is 1.37 bits per heavy atom. The molecule has 0 spiro atoms. The van der Waals surface area contributed by atoms with Gasteiger partial charge in [0, 0.05) is 5.56 Å². The molecular formula is C17H24O2. The van der Waals surface area contributed by atoms with E-state index >= 15 is 0 Å². The summed E-state index contributed by atoms with van der Waals surface area (Å²) >= 11 is 0. The van der Waals surface area contributed by atoms with Crippen LogP contribution in [0, 0.1) is 5.92 Å². The van der Waals surface area contributed by atoms with Crippen molar-refractivity contribution in [1.29, 1.82) is 0 Å². The number of aryl methyl sites for hydroxylation is 1. The monoisotopic (exact) mass is 260 g/mol. The molecule has 1 aliphatic heterocycles. The Morgan fingerprint density at radius 2 is 2.26 bits per heavy atom. The highest BCUT2D eigenvalue weighted by Gasteiger charge is 2.38. The first-order chi connectivity index (χ1) is 9.23. The van der Waals surface area contributed by atoms with Crippen LogP contribution < -0.4 is 4.74 Å². The third-order valence-electron chi connectivity index (χ3n) is 4.84. The van der Waals surface area contributed by atoms with Gasteiger partial charge >= 0.3 is 0 Å². The van der Waals surface area contributed by atoms with E-state index in [4.69, 9.17) is 4.74 Å². The molecular weight excluding hydrogens is 236 g/mol. The number of benzene rings is 1. The van der Waals surface area contributed by atoms with Gasteiger partial charge in [-0.15, -0.1) is 0 Å². The molecule has 1 aromatic carbocycles. The number of aliphatic hydroxyl groups is 1. The van der Waals surface area contributed by atoms with Gasteiger partial charge in [-0.2, -0.15) is 0 Å². The molecule has 0 aromatic heterocycles. The summed E-state index contributed by atoms with van der Waals surface area (Å²) in [5.74, 6) is 1.63. The van der Waals surface area contributed by atoms with Gasteiger partial charge in [-0.25, -0.2) is 0 Å². The second-order valence-electron chi connectivity index (χ2n) is 6.15. The fourth-order valence-electron chi connectivity index (χ4n) is 3.71. The molecule has 2 aliphatic rings. The summed E-state index contributed by atoms with van der Waals surface area (Å²) in [7, 11) is 0. The van der Waals surface area contributed by atoms with Crippen molar-refractivity contribution in [2.75, 3.05) is 6.61 Å². The highest BCUT2D eigenvalue weighted by atomic mass is 16.5. The lowest BCUT2D eigenvalue weighted by molar-refractivity contribution is -0.0241. The molecule has 2 atom stereocenters. The first-order valence-electron chi connectivity index (χ1n) is 7.70. The molecule has 1 heterocycles. The number of ether oxygens (including phenoxy) is 1. The van der Waals surface area contributed by atoms with Gasteiger partial charge in [0.05, 0.1) is 12.2 Å². The van der Waals surface area contributed by atoms with E-state index in [2.05, 4.69) is 25.1 Å². The van der Waals surface area contributed by atoms with E-state index in [1.807, 2.05) is 0 Å². The summed E-state index contributed by atoms with van der Waals surface area (Å²) in [6, 6.07) is 6.29. The highest BCUT2D eigenvalue weighted by molar-refractivity contribution is 5.46. The predicted molar refractivity (Wildman–Crippen MR) is 76.4 cm³/mol. The minimum atomic E-state index is -0.665. The minimum absolute atomic E-state index is 0.651. The van der Waals surface area contributed by atoms with Crippen molar-refractivity contribution in [3.8, 4) is 5.75 Å². The molecule has 0 amide bonds. The van der Waals surface area contributed by atoms with E-state index in [-0.39, 0.29) is 0 Å². The standard InChI is InChI=1S/C17H24O2/c1-2-13-6-4-10-17(18,12-13)15-9-3-7-14-8-5-11-19-16(14)15/h3,7,9,13,18H,2,4-6,8,10-12H2,1H3. The minimum Gasteiger partial charge on any atom is -0.493 e. The summed E-state index contributed by atoms with van der Waals surface area (Å²) in [5, 5.41) is 11.1. The van der Waals surface area contributed by atoms with Crippen molar-refractivity contribution >= 4 is 0 Å². The van der Waals surface area contributed by atoms with Gasteiger partial charge in [0.1, 0.15) is 5.75 Å². The third kappa shape index (κ3) is 2.38. The normalized spacial score (nSPS) is 30.5. The van der Waals surface area contributed by atoms with Crippen molar-refractivity contribution in [3.63, 3.8) is 0 Å². The summed E-state index contributed by atoms with van der Waals surface area (Å²) < 4.78 is 5.88. The Balaban J connectivity index is 1.96. The predicted octanol–water partition coefficient (Wildman–Crippen LogP) is 3.80. The van der Waals surface area contributed by atoms with Crippen LogP contribution in [-0.4, -0.2) is 11.7 Å². The van der Waals surface area contributed by atoms with Gasteiger partial charge < -0.3 is 9.84 Å². The van der Waals surface area contributed by atoms with E-state index in [1.165, 1.54) is 12.0 Å². The smallest absolute Gasteiger partial charge is 0.128 e. The van der Waals surface area contributed by atoms with E-state index in [0.717, 1.165) is 56.4 Å². The Hall–Kier alpha value is -1.02. The molecule has 1 aromatic rings. The van der Waals surface area contributed by atoms with Gasteiger partial charge in [0.15, 0.2) is 0 Å². The van der Waals surface area contributed by atoms with Crippen molar-refractivity contribution in [1.82, 2.24) is 0 Å². The lowest BCUT2D eigenvalue weighted by Gasteiger charge is -2.38. The number of para-hydroxylation sites is 1. The van der Waals surface area contributed by atoms with Crippen LogP contribution in [0.2, 0.25) is 0 Å². The lowest BCUT2D eigenvalue weighted by atomic mass is 9.73. The Bertz CT molecular complexity index is 455. The van der Waals surface area contributed by atoms with E-state index in [0.29, 0.717) is 5.92 Å². The van der Waals surface area contributed by atoms with E-state index < -0.39 is 5.60 Å². The quantitative estimate of drug-likeness (QED) is 0.876. The largest absolute Gasteiger partial charge is 0.493 e. The van der Waals surface area contributed by atoms with Crippen LogP contribution in [0.25, 0.3) is 0 Å². The van der Waals surface area contributed by atoms with Crippen LogP contribution in [0.5, 0.6) is 5.75 Å². The summed E-state index contributed by atoms with van der Waals surface area (Å²) in [6.07, 6.45) is 7.49. The van der Waals surface area contributed by atoms with Crippen LogP contribution in [0.4, 0.5) is 0 Å². The Morgan fingerprint density at radius 3 is 3.11 bits per heavy atom. The molecule has 1 saturated carbocycles. The van der Waals surface area contributed by atoms with Gasteiger partial charge in [0.25, 0.3) is 0 Å². The van der Waals surface area contributed by atoms with Gasteiger partial charge in [-0.3, -0.25) is 0 Å². The van der Waals surface area contributed by atoms with Crippen LogP contribution >= 0.6 is 0 Å². The summed E-state index contributed by atoms with van der Waals surface area (Å²) in [4.78, 5) is 0. The second-order valence-corrected chi connectivity index (χ2v) is 6.15. The molecule has 2 heteroatoms. The lowest BCUT2D eigenvalue weighted by Crippen LogP contribution is -2.33. The summed E-state index contributed by atoms with van der Waals surface area (Å²) in [6.45, 7) is 3.02. The summed E-state index contributed by atoms with van der Waals surface area (Å²) in [5.41, 5.74) is 1.65. The fourth-order valence-corrected chi connectivity index (χ4v) is 3.71. The zero-order valence-corrected chi connectivity index (χ0v) is 11.8. The van der Waals surface area contributed by atoms with E-state index in [9.17, 15) is 5.11 Å². The first kappa shape index (κ1) is 13.0. The first-order valence-corrected chi connectivity index (χ1v) is 7.70. The van der Waals surface area contributed by atoms with Crippen molar-refractivity contribution in [3.05, 3.63) is 29.3 Å². The fraction of sp³-hybridized carbons (Fsp3) is 0.647. The van der Waals surface area contributed by atoms with Crippen LogP contribution in [-0.2, 0) is 12.0 Å². The topological polar surface area (TPSA) is 29.5 Å². The maximum absolute atomic E-state index is 11.1. The van der Waals surface area contributed by atoms with Crippen LogP contribution in [0.3, 0.4) is 0 Å². The molecule has 0 bridgehead atoms. The number of rotatable bonds is 2. The number of hydrogen-bond acceptors (Lipinski definition) is 2. The van der Waals surface area contributed by atoms with Crippen molar-refractivity contribution < 1.29 is 9.84 Å². The average Bonchev–Trinajstić information content (AvgIpc) is 2.46. The van der Waals surface area contributed by atoms with Crippen molar-refractivity contribution in [2.24, 2.45) is 5.92 Å². The second kappa shape index (κ2) is 5.16. The molecule has 2 nitrogen and oxygen atoms in total. The number of hydrogen-bond donors (Lipinski definition) is 1. The van der Waals surface area contributed by atoms with Gasteiger partial charge in [-0.05, 0) is 43.6 Å². The highest BCUT2D eigenvalue weighted by Crippen LogP contribution is 2.45. The zero-order valence-electron chi connectivity index (χ0n) is 11.8. The molecule has 104 valence electrons. The molecule has 0 saturated heterocycles. The molecule has 2 unspecified atom stereocenters. The average molecular weight is 260 g/mol. The molecule has 1 fully saturated rings. The van der Waals surface area contributed by atoms with Crippen LogP contribution in [0.1, 0.15) is 56.6 Å². The maximum Gasteiger partial charge on any atom is 0.128 e. The molecule has 0 radical (unpaired) electrons. The van der Waals surface area contributed by atoms with Crippen LogP contribution in [0.15, 0.2) is 18.2 Å². The molecule has 19 heavy (non-hydrogen) atoms. The maximum atomic E-state index is 11.1. The molecule has 3 rings (SSSR count). The van der Waals surface area contributed by atoms with Crippen molar-refractivity contribution in [2.45, 2.75) is 57.5 Å².